The number of hydrogen-bond donors (Lipinski definition) is 1. The van der Waals surface area contributed by atoms with Crippen LogP contribution >= 0.6 is 0 Å². The first-order valence-electron chi connectivity index (χ1n) is 9.34. The average molecular weight is 372 g/mol. The Kier molecular flexibility index (Phi) is 6.22. The summed E-state index contributed by atoms with van der Waals surface area (Å²) >= 11 is 0. The number of benzene rings is 3. The number of anilines is 1. The van der Waals surface area contributed by atoms with Crippen molar-refractivity contribution in [2.75, 3.05) is 18.5 Å². The molecule has 142 valence electrons. The van der Waals surface area contributed by atoms with E-state index in [9.17, 15) is 9.59 Å². The standard InChI is InChI=1S/C24H24N2O2/c1-3-26(2)22-14-12-19(13-15-22)23(21-11-7-8-18(16-21)17-27)25-24(28)20-9-5-4-6-10-20/h4-17,23H,3H2,1-2H3,(H,25,28). The molecule has 0 aliphatic carbocycles. The molecule has 4 nitrogen and oxygen atoms in total. The highest BCUT2D eigenvalue weighted by molar-refractivity contribution is 5.94. The number of amides is 1. The Morgan fingerprint density at radius 1 is 0.964 bits per heavy atom. The van der Waals surface area contributed by atoms with Crippen LogP contribution in [0.3, 0.4) is 0 Å². The third-order valence-corrected chi connectivity index (χ3v) is 4.83. The molecule has 0 heterocycles. The zero-order valence-corrected chi connectivity index (χ0v) is 16.1. The van der Waals surface area contributed by atoms with Crippen molar-refractivity contribution >= 4 is 17.9 Å². The molecule has 0 saturated carbocycles. The van der Waals surface area contributed by atoms with Crippen molar-refractivity contribution in [3.05, 3.63) is 101 Å². The summed E-state index contributed by atoms with van der Waals surface area (Å²) in [6.45, 7) is 3.01. The minimum Gasteiger partial charge on any atom is -0.375 e. The summed E-state index contributed by atoms with van der Waals surface area (Å²) in [4.78, 5) is 26.2. The van der Waals surface area contributed by atoms with Crippen molar-refractivity contribution in [1.29, 1.82) is 0 Å². The molecule has 3 aromatic rings. The molecule has 1 unspecified atom stereocenters. The molecule has 0 fully saturated rings. The van der Waals surface area contributed by atoms with Gasteiger partial charge in [0.2, 0.25) is 0 Å². The van der Waals surface area contributed by atoms with Gasteiger partial charge in [-0.05, 0) is 48.4 Å². The van der Waals surface area contributed by atoms with Crippen LogP contribution in [-0.2, 0) is 0 Å². The van der Waals surface area contributed by atoms with Crippen molar-refractivity contribution in [3.8, 4) is 0 Å². The molecule has 4 heteroatoms. The first kappa shape index (κ1) is 19.4. The number of rotatable bonds is 7. The van der Waals surface area contributed by atoms with Gasteiger partial charge in [-0.25, -0.2) is 0 Å². The van der Waals surface area contributed by atoms with E-state index in [4.69, 9.17) is 0 Å². The van der Waals surface area contributed by atoms with Crippen LogP contribution in [0.4, 0.5) is 5.69 Å². The van der Waals surface area contributed by atoms with E-state index < -0.39 is 0 Å². The number of carbonyl (C=O) groups is 2. The molecule has 3 aromatic carbocycles. The number of carbonyl (C=O) groups excluding carboxylic acids is 2. The lowest BCUT2D eigenvalue weighted by Gasteiger charge is -2.22. The van der Waals surface area contributed by atoms with Crippen molar-refractivity contribution in [2.45, 2.75) is 13.0 Å². The Hall–Kier alpha value is -3.40. The van der Waals surface area contributed by atoms with Crippen LogP contribution in [0.5, 0.6) is 0 Å². The Balaban J connectivity index is 1.96. The molecule has 0 aromatic heterocycles. The Morgan fingerprint density at radius 2 is 1.68 bits per heavy atom. The topological polar surface area (TPSA) is 49.4 Å². The highest BCUT2D eigenvalue weighted by Gasteiger charge is 2.18. The van der Waals surface area contributed by atoms with Crippen LogP contribution in [0.15, 0.2) is 78.9 Å². The molecular weight excluding hydrogens is 348 g/mol. The minimum absolute atomic E-state index is 0.156. The Labute approximate surface area is 165 Å². The Bertz CT molecular complexity index is 936. The lowest BCUT2D eigenvalue weighted by Crippen LogP contribution is -2.29. The Morgan fingerprint density at radius 3 is 2.32 bits per heavy atom. The van der Waals surface area contributed by atoms with E-state index in [1.54, 1.807) is 18.2 Å². The van der Waals surface area contributed by atoms with Crippen LogP contribution < -0.4 is 10.2 Å². The summed E-state index contributed by atoms with van der Waals surface area (Å²) < 4.78 is 0. The second-order valence-corrected chi connectivity index (χ2v) is 6.67. The van der Waals surface area contributed by atoms with Crippen molar-refractivity contribution in [3.63, 3.8) is 0 Å². The molecule has 0 radical (unpaired) electrons. The van der Waals surface area contributed by atoms with Gasteiger partial charge in [-0.2, -0.15) is 0 Å². The monoisotopic (exact) mass is 372 g/mol. The smallest absolute Gasteiger partial charge is 0.252 e. The predicted molar refractivity (Wildman–Crippen MR) is 113 cm³/mol. The molecule has 0 aliphatic rings. The van der Waals surface area contributed by atoms with Gasteiger partial charge in [0, 0.05) is 30.4 Å². The van der Waals surface area contributed by atoms with Gasteiger partial charge in [-0.3, -0.25) is 9.59 Å². The maximum atomic E-state index is 12.8. The fourth-order valence-corrected chi connectivity index (χ4v) is 3.08. The second kappa shape index (κ2) is 9.00. The fourth-order valence-electron chi connectivity index (χ4n) is 3.08. The third-order valence-electron chi connectivity index (χ3n) is 4.83. The molecule has 1 amide bonds. The number of hydrogen-bond acceptors (Lipinski definition) is 3. The minimum atomic E-state index is -0.353. The van der Waals surface area contributed by atoms with Gasteiger partial charge in [0.15, 0.2) is 0 Å². The highest BCUT2D eigenvalue weighted by Crippen LogP contribution is 2.25. The summed E-state index contributed by atoms with van der Waals surface area (Å²) in [6.07, 6.45) is 0.818. The van der Waals surface area contributed by atoms with E-state index in [2.05, 4.69) is 17.1 Å². The summed E-state index contributed by atoms with van der Waals surface area (Å²) in [6, 6.07) is 24.2. The maximum Gasteiger partial charge on any atom is 0.252 e. The largest absolute Gasteiger partial charge is 0.375 e. The molecule has 1 N–H and O–H groups in total. The second-order valence-electron chi connectivity index (χ2n) is 6.67. The molecule has 0 bridgehead atoms. The third kappa shape index (κ3) is 4.46. The maximum absolute atomic E-state index is 12.8. The van der Waals surface area contributed by atoms with E-state index in [1.807, 2.05) is 67.7 Å². The lowest BCUT2D eigenvalue weighted by molar-refractivity contribution is 0.0943. The van der Waals surface area contributed by atoms with Gasteiger partial charge in [-0.15, -0.1) is 0 Å². The molecule has 0 spiro atoms. The zero-order valence-electron chi connectivity index (χ0n) is 16.1. The number of nitrogens with one attached hydrogen (secondary N) is 1. The van der Waals surface area contributed by atoms with Crippen molar-refractivity contribution in [1.82, 2.24) is 5.32 Å². The fraction of sp³-hybridized carbons (Fsp3) is 0.167. The van der Waals surface area contributed by atoms with Crippen molar-refractivity contribution in [2.24, 2.45) is 0 Å². The molecule has 1 atom stereocenters. The lowest BCUT2D eigenvalue weighted by atomic mass is 9.96. The molecule has 0 saturated heterocycles. The number of aldehydes is 1. The SMILES string of the molecule is CCN(C)c1ccc(C(NC(=O)c2ccccc2)c2cccc(C=O)c2)cc1. The predicted octanol–water partition coefficient (Wildman–Crippen LogP) is 4.47. The van der Waals surface area contributed by atoms with E-state index in [1.165, 1.54) is 0 Å². The first-order chi connectivity index (χ1) is 13.6. The van der Waals surface area contributed by atoms with Crippen LogP contribution in [0.25, 0.3) is 0 Å². The normalized spacial score (nSPS) is 11.5. The highest BCUT2D eigenvalue weighted by atomic mass is 16.1. The van der Waals surface area contributed by atoms with Gasteiger partial charge < -0.3 is 10.2 Å². The van der Waals surface area contributed by atoms with E-state index in [0.29, 0.717) is 11.1 Å². The van der Waals surface area contributed by atoms with E-state index >= 15 is 0 Å². The molecule has 3 rings (SSSR count). The quantitative estimate of drug-likeness (QED) is 0.622. The summed E-state index contributed by atoms with van der Waals surface area (Å²) in [5, 5.41) is 3.11. The van der Waals surface area contributed by atoms with E-state index in [0.717, 1.165) is 29.6 Å². The van der Waals surface area contributed by atoms with Gasteiger partial charge in [0.25, 0.3) is 5.91 Å². The first-order valence-corrected chi connectivity index (χ1v) is 9.34. The molecule has 0 aliphatic heterocycles. The van der Waals surface area contributed by atoms with Gasteiger partial charge in [-0.1, -0.05) is 48.5 Å². The van der Waals surface area contributed by atoms with Crippen LogP contribution in [0, 0.1) is 0 Å². The molecule has 28 heavy (non-hydrogen) atoms. The summed E-state index contributed by atoms with van der Waals surface area (Å²) in [5.41, 5.74) is 4.12. The van der Waals surface area contributed by atoms with Crippen LogP contribution in [0.2, 0.25) is 0 Å². The summed E-state index contributed by atoms with van der Waals surface area (Å²) in [7, 11) is 2.04. The van der Waals surface area contributed by atoms with Gasteiger partial charge in [0.1, 0.15) is 6.29 Å². The van der Waals surface area contributed by atoms with Crippen LogP contribution in [0.1, 0.15) is 44.8 Å². The number of nitrogens with zero attached hydrogens (tertiary/aromatic N) is 1. The van der Waals surface area contributed by atoms with Gasteiger partial charge >= 0.3 is 0 Å². The molecular formula is C24H24N2O2. The van der Waals surface area contributed by atoms with Gasteiger partial charge in [0.05, 0.1) is 6.04 Å². The van der Waals surface area contributed by atoms with Crippen molar-refractivity contribution < 1.29 is 9.59 Å². The zero-order chi connectivity index (χ0) is 19.9. The van der Waals surface area contributed by atoms with E-state index in [-0.39, 0.29) is 11.9 Å². The summed E-state index contributed by atoms with van der Waals surface area (Å²) in [5.74, 6) is -0.156. The van der Waals surface area contributed by atoms with Crippen LogP contribution in [-0.4, -0.2) is 25.8 Å². The average Bonchev–Trinajstić information content (AvgIpc) is 2.77.